The van der Waals surface area contributed by atoms with Crippen molar-refractivity contribution in [2.75, 3.05) is 0 Å². The van der Waals surface area contributed by atoms with Gasteiger partial charge in [-0.3, -0.25) is 4.79 Å². The number of benzene rings is 1. The van der Waals surface area contributed by atoms with Gasteiger partial charge < -0.3 is 0 Å². The number of ketones is 1. The normalized spacial score (nSPS) is 25.2. The zero-order valence-electron chi connectivity index (χ0n) is 7.69. The minimum absolute atomic E-state index is 0.218. The first kappa shape index (κ1) is 9.66. The molecule has 1 aromatic rings. The molecule has 1 aliphatic carbocycles. The van der Waals surface area contributed by atoms with Crippen LogP contribution in [0.5, 0.6) is 0 Å². The van der Waals surface area contributed by atoms with Crippen molar-refractivity contribution in [2.45, 2.75) is 11.2 Å². The molecule has 1 fully saturated rings. The highest BCUT2D eigenvalue weighted by Gasteiger charge is 2.39. The standard InChI is InChI=1S/C12H11BrO/c13-11-8-10(11)12(14)7-6-9-4-2-1-3-5-9/h1-7,10-11H,8H2/b7-6-/t10-,11-/m1/s1. The summed E-state index contributed by atoms with van der Waals surface area (Å²) in [6.45, 7) is 0. The highest BCUT2D eigenvalue weighted by atomic mass is 79.9. The number of rotatable bonds is 3. The van der Waals surface area contributed by atoms with E-state index < -0.39 is 0 Å². The largest absolute Gasteiger partial charge is 0.295 e. The average Bonchev–Trinajstić information content (AvgIpc) is 2.94. The van der Waals surface area contributed by atoms with Crippen LogP contribution in [0, 0.1) is 5.92 Å². The summed E-state index contributed by atoms with van der Waals surface area (Å²) >= 11 is 3.42. The van der Waals surface area contributed by atoms with Gasteiger partial charge in [-0.05, 0) is 18.1 Å². The van der Waals surface area contributed by atoms with Crippen molar-refractivity contribution in [3.63, 3.8) is 0 Å². The van der Waals surface area contributed by atoms with Crippen molar-refractivity contribution in [1.29, 1.82) is 0 Å². The Labute approximate surface area is 92.0 Å². The van der Waals surface area contributed by atoms with Crippen molar-refractivity contribution < 1.29 is 4.79 Å². The Morgan fingerprint density at radius 3 is 2.57 bits per heavy atom. The number of hydrogen-bond acceptors (Lipinski definition) is 1. The molecule has 1 saturated carbocycles. The van der Waals surface area contributed by atoms with E-state index in [-0.39, 0.29) is 11.7 Å². The van der Waals surface area contributed by atoms with Crippen LogP contribution in [0.25, 0.3) is 6.08 Å². The SMILES string of the molecule is O=C(/C=C\c1ccccc1)[C@@H]1C[C@H]1Br. The Kier molecular flexibility index (Phi) is 2.82. The Balaban J connectivity index is 1.97. The van der Waals surface area contributed by atoms with Gasteiger partial charge in [-0.15, -0.1) is 0 Å². The van der Waals surface area contributed by atoms with Crippen LogP contribution in [-0.4, -0.2) is 10.6 Å². The van der Waals surface area contributed by atoms with Crippen molar-refractivity contribution in [1.82, 2.24) is 0 Å². The lowest BCUT2D eigenvalue weighted by atomic mass is 10.1. The smallest absolute Gasteiger partial charge is 0.159 e. The predicted molar refractivity (Wildman–Crippen MR) is 61.3 cm³/mol. The molecule has 0 saturated heterocycles. The second-order valence-electron chi connectivity index (χ2n) is 3.50. The van der Waals surface area contributed by atoms with Crippen LogP contribution in [0.3, 0.4) is 0 Å². The zero-order chi connectivity index (χ0) is 9.97. The van der Waals surface area contributed by atoms with Gasteiger partial charge in [0.15, 0.2) is 5.78 Å². The molecule has 0 unspecified atom stereocenters. The molecular weight excluding hydrogens is 240 g/mol. The molecule has 2 atom stereocenters. The molecule has 1 nitrogen and oxygen atoms in total. The van der Waals surface area contributed by atoms with Crippen molar-refractivity contribution >= 4 is 27.8 Å². The molecule has 2 rings (SSSR count). The summed E-state index contributed by atoms with van der Waals surface area (Å²) < 4.78 is 0. The van der Waals surface area contributed by atoms with E-state index in [4.69, 9.17) is 0 Å². The molecule has 1 aromatic carbocycles. The summed E-state index contributed by atoms with van der Waals surface area (Å²) in [5.74, 6) is 0.450. The van der Waals surface area contributed by atoms with Gasteiger partial charge in [0, 0.05) is 10.7 Å². The maximum atomic E-state index is 11.5. The topological polar surface area (TPSA) is 17.1 Å². The number of allylic oxidation sites excluding steroid dienone is 1. The van der Waals surface area contributed by atoms with Gasteiger partial charge in [-0.25, -0.2) is 0 Å². The maximum absolute atomic E-state index is 11.5. The minimum atomic E-state index is 0.218. The third kappa shape index (κ3) is 2.32. The molecule has 0 spiro atoms. The second-order valence-corrected chi connectivity index (χ2v) is 4.68. The van der Waals surface area contributed by atoms with Crippen LogP contribution in [0.1, 0.15) is 12.0 Å². The average molecular weight is 251 g/mol. The number of halogens is 1. The first-order valence-electron chi connectivity index (χ1n) is 4.68. The highest BCUT2D eigenvalue weighted by molar-refractivity contribution is 9.09. The Bertz CT molecular complexity index is 356. The number of carbonyl (C=O) groups excluding carboxylic acids is 1. The molecule has 0 bridgehead atoms. The number of alkyl halides is 1. The molecule has 0 N–H and O–H groups in total. The van der Waals surface area contributed by atoms with Gasteiger partial charge in [0.05, 0.1) is 0 Å². The lowest BCUT2D eigenvalue weighted by molar-refractivity contribution is -0.115. The third-order valence-corrected chi connectivity index (χ3v) is 3.33. The van der Waals surface area contributed by atoms with Crippen LogP contribution < -0.4 is 0 Å². The van der Waals surface area contributed by atoms with E-state index in [1.807, 2.05) is 36.4 Å². The van der Waals surface area contributed by atoms with Gasteiger partial charge in [-0.2, -0.15) is 0 Å². The molecule has 2 heteroatoms. The predicted octanol–water partition coefficient (Wildman–Crippen LogP) is 3.05. The monoisotopic (exact) mass is 250 g/mol. The molecule has 0 radical (unpaired) electrons. The fourth-order valence-electron chi connectivity index (χ4n) is 1.32. The summed E-state index contributed by atoms with van der Waals surface area (Å²) in [5.41, 5.74) is 1.08. The summed E-state index contributed by atoms with van der Waals surface area (Å²) in [7, 11) is 0. The molecular formula is C12H11BrO. The molecule has 0 aromatic heterocycles. The van der Waals surface area contributed by atoms with E-state index in [0.29, 0.717) is 4.83 Å². The lowest BCUT2D eigenvalue weighted by Crippen LogP contribution is -1.96. The van der Waals surface area contributed by atoms with Crippen molar-refractivity contribution in [3.05, 3.63) is 42.0 Å². The third-order valence-electron chi connectivity index (χ3n) is 2.32. The number of hydrogen-bond donors (Lipinski definition) is 0. The van der Waals surface area contributed by atoms with Gasteiger partial charge >= 0.3 is 0 Å². The summed E-state index contributed by atoms with van der Waals surface area (Å²) in [6.07, 6.45) is 4.54. The molecule has 14 heavy (non-hydrogen) atoms. The van der Waals surface area contributed by atoms with Gasteiger partial charge in [0.1, 0.15) is 0 Å². The van der Waals surface area contributed by atoms with E-state index >= 15 is 0 Å². The van der Waals surface area contributed by atoms with Crippen LogP contribution >= 0.6 is 15.9 Å². The van der Waals surface area contributed by atoms with E-state index in [2.05, 4.69) is 15.9 Å². The fourth-order valence-corrected chi connectivity index (χ4v) is 1.99. The Morgan fingerprint density at radius 2 is 2.00 bits per heavy atom. The van der Waals surface area contributed by atoms with E-state index in [0.717, 1.165) is 12.0 Å². The van der Waals surface area contributed by atoms with Crippen molar-refractivity contribution in [2.24, 2.45) is 5.92 Å². The van der Waals surface area contributed by atoms with Crippen molar-refractivity contribution in [3.8, 4) is 0 Å². The van der Waals surface area contributed by atoms with Gasteiger partial charge in [0.2, 0.25) is 0 Å². The summed E-state index contributed by atoms with van der Waals surface area (Å²) in [6, 6.07) is 9.88. The quantitative estimate of drug-likeness (QED) is 0.596. The maximum Gasteiger partial charge on any atom is 0.159 e. The molecule has 72 valence electrons. The van der Waals surface area contributed by atoms with Crippen LogP contribution in [0.2, 0.25) is 0 Å². The minimum Gasteiger partial charge on any atom is -0.295 e. The molecule has 0 amide bonds. The van der Waals surface area contributed by atoms with Crippen LogP contribution in [0.4, 0.5) is 0 Å². The molecule has 0 aliphatic heterocycles. The first-order chi connectivity index (χ1) is 6.77. The summed E-state index contributed by atoms with van der Waals surface area (Å²) in [4.78, 5) is 11.9. The Hall–Kier alpha value is -0.890. The summed E-state index contributed by atoms with van der Waals surface area (Å²) in [5, 5.41) is 0. The van der Waals surface area contributed by atoms with E-state index in [1.54, 1.807) is 6.08 Å². The second kappa shape index (κ2) is 4.09. The van der Waals surface area contributed by atoms with Crippen LogP contribution in [-0.2, 0) is 4.79 Å². The number of carbonyl (C=O) groups is 1. The lowest BCUT2D eigenvalue weighted by Gasteiger charge is -1.91. The van der Waals surface area contributed by atoms with Crippen LogP contribution in [0.15, 0.2) is 36.4 Å². The zero-order valence-corrected chi connectivity index (χ0v) is 9.28. The molecule has 0 heterocycles. The van der Waals surface area contributed by atoms with Gasteiger partial charge in [0.25, 0.3) is 0 Å². The molecule has 1 aliphatic rings. The van der Waals surface area contributed by atoms with E-state index in [9.17, 15) is 4.79 Å². The van der Waals surface area contributed by atoms with E-state index in [1.165, 1.54) is 0 Å². The van der Waals surface area contributed by atoms with Gasteiger partial charge in [-0.1, -0.05) is 52.3 Å². The fraction of sp³-hybridized carbons (Fsp3) is 0.250. The first-order valence-corrected chi connectivity index (χ1v) is 5.60. The Morgan fingerprint density at radius 1 is 1.36 bits per heavy atom. The highest BCUT2D eigenvalue weighted by Crippen LogP contribution is 2.38.